The Bertz CT molecular complexity index is 381. The first-order valence-electron chi connectivity index (χ1n) is 7.90. The van der Waals surface area contributed by atoms with E-state index >= 15 is 0 Å². The second kappa shape index (κ2) is 13.3. The lowest BCUT2D eigenvalue weighted by molar-refractivity contribution is -0.132. The molecular weight excluding hydrogens is 280 g/mol. The van der Waals surface area contributed by atoms with Crippen LogP contribution in [0.25, 0.3) is 0 Å². The molecule has 0 aromatic rings. The highest BCUT2D eigenvalue weighted by Crippen LogP contribution is 2.09. The number of ether oxygens (including phenoxy) is 1. The summed E-state index contributed by atoms with van der Waals surface area (Å²) in [6, 6.07) is 0. The molecular formula is C18H30O4. The van der Waals surface area contributed by atoms with Crippen LogP contribution in [-0.4, -0.2) is 35.5 Å². The van der Waals surface area contributed by atoms with Gasteiger partial charge in [-0.1, -0.05) is 30.4 Å². The number of hydrogen-bond donors (Lipinski definition) is 2. The third kappa shape index (κ3) is 12.4. The van der Waals surface area contributed by atoms with Crippen LogP contribution in [0.4, 0.5) is 0 Å². The van der Waals surface area contributed by atoms with Gasteiger partial charge in [-0.05, 0) is 52.4 Å². The highest BCUT2D eigenvalue weighted by Gasteiger charge is 2.03. The van der Waals surface area contributed by atoms with E-state index in [1.165, 1.54) is 0 Å². The first-order valence-corrected chi connectivity index (χ1v) is 7.90. The van der Waals surface area contributed by atoms with Crippen molar-refractivity contribution in [3.63, 3.8) is 0 Å². The van der Waals surface area contributed by atoms with Crippen LogP contribution < -0.4 is 0 Å². The number of carboxylic acids is 1. The molecule has 22 heavy (non-hydrogen) atoms. The molecule has 2 atom stereocenters. The summed E-state index contributed by atoms with van der Waals surface area (Å²) < 4.78 is 5.41. The summed E-state index contributed by atoms with van der Waals surface area (Å²) in [5, 5.41) is 17.9. The summed E-state index contributed by atoms with van der Waals surface area (Å²) in [7, 11) is 1.70. The smallest absolute Gasteiger partial charge is 0.331 e. The molecule has 0 radical (unpaired) electrons. The zero-order valence-electron chi connectivity index (χ0n) is 14.0. The summed E-state index contributed by atoms with van der Waals surface area (Å²) in [6.45, 7) is 3.39. The molecule has 126 valence electrons. The van der Waals surface area contributed by atoms with Gasteiger partial charge >= 0.3 is 5.97 Å². The van der Waals surface area contributed by atoms with Gasteiger partial charge in [0.25, 0.3) is 0 Å². The van der Waals surface area contributed by atoms with Gasteiger partial charge in [0.2, 0.25) is 0 Å². The fourth-order valence-corrected chi connectivity index (χ4v) is 1.89. The molecule has 0 aliphatic heterocycles. The molecule has 0 aliphatic carbocycles. The lowest BCUT2D eigenvalue weighted by Crippen LogP contribution is -2.08. The summed E-state index contributed by atoms with van der Waals surface area (Å²) >= 11 is 0. The fourth-order valence-electron chi connectivity index (χ4n) is 1.89. The van der Waals surface area contributed by atoms with Crippen molar-refractivity contribution in [2.45, 2.75) is 64.6 Å². The maximum Gasteiger partial charge on any atom is 0.331 e. The summed E-state index contributed by atoms with van der Waals surface area (Å²) in [6.07, 6.45) is 15.1. The number of carboxylic acid groups (broad SMARTS) is 1. The van der Waals surface area contributed by atoms with Gasteiger partial charge in [-0.2, -0.15) is 0 Å². The number of rotatable bonds is 12. The molecule has 2 N–H and O–H groups in total. The van der Waals surface area contributed by atoms with Crippen LogP contribution in [0.2, 0.25) is 0 Å². The van der Waals surface area contributed by atoms with Gasteiger partial charge in [0.05, 0.1) is 12.2 Å². The second-order valence-electron chi connectivity index (χ2n) is 5.51. The van der Waals surface area contributed by atoms with E-state index in [4.69, 9.17) is 14.9 Å². The molecule has 0 aliphatic rings. The van der Waals surface area contributed by atoms with Crippen molar-refractivity contribution >= 4 is 5.97 Å². The fraction of sp³-hybridized carbons (Fsp3) is 0.611. The largest absolute Gasteiger partial charge is 0.478 e. The maximum atomic E-state index is 10.6. The Morgan fingerprint density at radius 2 is 1.86 bits per heavy atom. The first-order chi connectivity index (χ1) is 10.5. The van der Waals surface area contributed by atoms with Crippen LogP contribution in [0.3, 0.4) is 0 Å². The summed E-state index contributed by atoms with van der Waals surface area (Å²) in [4.78, 5) is 10.6. The molecule has 0 fully saturated rings. The van der Waals surface area contributed by atoms with Crippen molar-refractivity contribution in [1.82, 2.24) is 0 Å². The summed E-state index contributed by atoms with van der Waals surface area (Å²) in [5.41, 5.74) is 0.324. The Hall–Kier alpha value is -1.39. The predicted molar refractivity (Wildman–Crippen MR) is 89.9 cm³/mol. The topological polar surface area (TPSA) is 66.8 Å². The molecule has 0 bridgehead atoms. The van der Waals surface area contributed by atoms with E-state index in [9.17, 15) is 4.79 Å². The number of hydrogen-bond acceptors (Lipinski definition) is 3. The highest BCUT2D eigenvalue weighted by molar-refractivity contribution is 5.86. The molecule has 0 amide bonds. The molecule has 0 saturated carbocycles. The van der Waals surface area contributed by atoms with Gasteiger partial charge in [0, 0.05) is 12.7 Å². The maximum absolute atomic E-state index is 10.6. The minimum absolute atomic E-state index is 0.150. The molecule has 0 aromatic carbocycles. The van der Waals surface area contributed by atoms with E-state index < -0.39 is 5.97 Å². The number of unbranched alkanes of at least 4 members (excludes halogenated alkanes) is 1. The van der Waals surface area contributed by atoms with Crippen molar-refractivity contribution in [3.05, 3.63) is 36.0 Å². The Morgan fingerprint density at radius 1 is 1.18 bits per heavy atom. The lowest BCUT2D eigenvalue weighted by atomic mass is 10.1. The molecule has 0 rings (SSSR count). The molecule has 0 saturated heterocycles. The minimum Gasteiger partial charge on any atom is -0.478 e. The van der Waals surface area contributed by atoms with Crippen LogP contribution in [0.5, 0.6) is 0 Å². The number of aliphatic hydroxyl groups excluding tert-OH is 1. The number of methoxy groups -OCH3 is 1. The van der Waals surface area contributed by atoms with Crippen molar-refractivity contribution < 1.29 is 19.7 Å². The average molecular weight is 310 g/mol. The van der Waals surface area contributed by atoms with Crippen molar-refractivity contribution in [1.29, 1.82) is 0 Å². The quantitative estimate of drug-likeness (QED) is 0.248. The van der Waals surface area contributed by atoms with E-state index in [0.717, 1.165) is 38.5 Å². The van der Waals surface area contributed by atoms with Crippen molar-refractivity contribution in [2.24, 2.45) is 0 Å². The molecule has 0 spiro atoms. The third-order valence-corrected chi connectivity index (χ3v) is 3.37. The van der Waals surface area contributed by atoms with E-state index in [1.807, 2.05) is 13.0 Å². The van der Waals surface area contributed by atoms with Crippen LogP contribution in [0, 0.1) is 0 Å². The number of aliphatic carboxylic acids is 1. The number of carbonyl (C=O) groups is 1. The molecule has 0 heterocycles. The predicted octanol–water partition coefficient (Wildman–Crippen LogP) is 3.87. The van der Waals surface area contributed by atoms with E-state index in [1.54, 1.807) is 26.2 Å². The summed E-state index contributed by atoms with van der Waals surface area (Å²) in [5.74, 6) is -0.895. The van der Waals surface area contributed by atoms with Gasteiger partial charge in [0.15, 0.2) is 0 Å². The van der Waals surface area contributed by atoms with Gasteiger partial charge in [0.1, 0.15) is 0 Å². The molecule has 4 heteroatoms. The van der Waals surface area contributed by atoms with Gasteiger partial charge < -0.3 is 14.9 Å². The number of aliphatic hydroxyl groups is 1. The monoisotopic (exact) mass is 310 g/mol. The third-order valence-electron chi connectivity index (χ3n) is 3.37. The standard InChI is InChI=1S/C18H30O4/c1-15(18(20)21)11-9-10-14-17(22-3)13-8-6-4-5-7-12-16(2)19/h4,6,9-11,16-17,19H,5,7-8,12-14H2,1-3H3,(H,20,21)/b6-4+,10-9+,15-11+. The van der Waals surface area contributed by atoms with E-state index in [2.05, 4.69) is 12.2 Å². The lowest BCUT2D eigenvalue weighted by Gasteiger charge is -2.11. The van der Waals surface area contributed by atoms with Gasteiger partial charge in [-0.25, -0.2) is 4.79 Å². The minimum atomic E-state index is -0.895. The van der Waals surface area contributed by atoms with Crippen LogP contribution in [0.1, 0.15) is 52.4 Å². The number of allylic oxidation sites excluding steroid dienone is 4. The second-order valence-corrected chi connectivity index (χ2v) is 5.51. The molecule has 2 unspecified atom stereocenters. The van der Waals surface area contributed by atoms with Crippen molar-refractivity contribution in [2.75, 3.05) is 7.11 Å². The van der Waals surface area contributed by atoms with Crippen LogP contribution in [-0.2, 0) is 9.53 Å². The molecule has 0 aromatic heterocycles. The molecule has 4 nitrogen and oxygen atoms in total. The van der Waals surface area contributed by atoms with E-state index in [0.29, 0.717) is 5.57 Å². The normalized spacial score (nSPS) is 15.5. The van der Waals surface area contributed by atoms with Crippen LogP contribution in [0.15, 0.2) is 36.0 Å². The van der Waals surface area contributed by atoms with Gasteiger partial charge in [-0.15, -0.1) is 0 Å². The van der Waals surface area contributed by atoms with Crippen LogP contribution >= 0.6 is 0 Å². The first kappa shape index (κ1) is 20.6. The Balaban J connectivity index is 3.88. The Kier molecular flexibility index (Phi) is 12.4. The highest BCUT2D eigenvalue weighted by atomic mass is 16.5. The van der Waals surface area contributed by atoms with E-state index in [-0.39, 0.29) is 12.2 Å². The van der Waals surface area contributed by atoms with Crippen molar-refractivity contribution in [3.8, 4) is 0 Å². The zero-order valence-corrected chi connectivity index (χ0v) is 14.0. The zero-order chi connectivity index (χ0) is 16.8. The van der Waals surface area contributed by atoms with Gasteiger partial charge in [-0.3, -0.25) is 0 Å². The Morgan fingerprint density at radius 3 is 2.45 bits per heavy atom. The average Bonchev–Trinajstić information content (AvgIpc) is 2.47. The SMILES string of the molecule is COC(C/C=C/C=C(\C)C(=O)O)CC/C=C/CCCC(C)O. The Labute approximate surface area is 134 Å².